The van der Waals surface area contributed by atoms with E-state index in [2.05, 4.69) is 5.32 Å². The van der Waals surface area contributed by atoms with Gasteiger partial charge in [-0.05, 0) is 42.3 Å². The van der Waals surface area contributed by atoms with Crippen LogP contribution >= 0.6 is 0 Å². The minimum absolute atomic E-state index is 0.0163. The number of benzene rings is 2. The van der Waals surface area contributed by atoms with Crippen molar-refractivity contribution >= 4 is 16.9 Å². The molecule has 0 bridgehead atoms. The average molecular weight is 353 g/mol. The zero-order chi connectivity index (χ0) is 18.5. The van der Waals surface area contributed by atoms with Crippen molar-refractivity contribution in [3.8, 4) is 11.5 Å². The van der Waals surface area contributed by atoms with Crippen molar-refractivity contribution in [3.05, 3.63) is 70.1 Å². The molecule has 6 nitrogen and oxygen atoms in total. The Labute approximate surface area is 150 Å². The van der Waals surface area contributed by atoms with Crippen LogP contribution in [0.1, 0.15) is 15.9 Å². The monoisotopic (exact) mass is 353 g/mol. The standard InChI is InChI=1S/C20H19NO5/c1-24-15-6-3-13(4-7-15)9-10-21-19(22)17-11-14-5-8-16(25-2)12-18(14)26-20(17)23/h3-8,11-12H,9-10H2,1-2H3,(H,21,22). The number of rotatable bonds is 6. The molecule has 26 heavy (non-hydrogen) atoms. The first-order chi connectivity index (χ1) is 12.6. The molecule has 0 saturated carbocycles. The molecule has 0 radical (unpaired) electrons. The maximum absolute atomic E-state index is 12.3. The predicted octanol–water partition coefficient (Wildman–Crippen LogP) is 2.78. The first-order valence-electron chi connectivity index (χ1n) is 8.14. The molecule has 134 valence electrons. The number of fused-ring (bicyclic) bond motifs is 1. The van der Waals surface area contributed by atoms with Crippen LogP contribution in [0.3, 0.4) is 0 Å². The fraction of sp³-hybridized carbons (Fsp3) is 0.200. The van der Waals surface area contributed by atoms with Crippen molar-refractivity contribution in [3.63, 3.8) is 0 Å². The van der Waals surface area contributed by atoms with Crippen LogP contribution in [-0.4, -0.2) is 26.7 Å². The highest BCUT2D eigenvalue weighted by atomic mass is 16.5. The first kappa shape index (κ1) is 17.5. The number of carbonyl (C=O) groups is 1. The lowest BCUT2D eigenvalue weighted by molar-refractivity contribution is 0.0950. The number of nitrogens with one attached hydrogen (secondary N) is 1. The maximum Gasteiger partial charge on any atom is 0.349 e. The van der Waals surface area contributed by atoms with E-state index in [0.717, 1.165) is 11.3 Å². The van der Waals surface area contributed by atoms with Crippen molar-refractivity contribution in [1.29, 1.82) is 0 Å². The summed E-state index contributed by atoms with van der Waals surface area (Å²) in [6.07, 6.45) is 0.645. The number of methoxy groups -OCH3 is 2. The molecule has 3 rings (SSSR count). The van der Waals surface area contributed by atoms with Gasteiger partial charge in [0.25, 0.3) is 5.91 Å². The lowest BCUT2D eigenvalue weighted by Gasteiger charge is -2.07. The zero-order valence-corrected chi connectivity index (χ0v) is 14.6. The minimum atomic E-state index is -0.673. The lowest BCUT2D eigenvalue weighted by atomic mass is 10.1. The molecule has 0 fully saturated rings. The Hall–Kier alpha value is -3.28. The SMILES string of the molecule is COc1ccc(CCNC(=O)c2cc3ccc(OC)cc3oc2=O)cc1. The van der Waals surface area contributed by atoms with Gasteiger partial charge in [-0.3, -0.25) is 4.79 Å². The van der Waals surface area contributed by atoms with Gasteiger partial charge < -0.3 is 19.2 Å². The van der Waals surface area contributed by atoms with Gasteiger partial charge in [-0.15, -0.1) is 0 Å². The summed E-state index contributed by atoms with van der Waals surface area (Å²) in [6.45, 7) is 0.408. The topological polar surface area (TPSA) is 77.8 Å². The van der Waals surface area contributed by atoms with E-state index in [1.165, 1.54) is 13.2 Å². The third-order valence-electron chi connectivity index (χ3n) is 4.05. The molecule has 1 aromatic heterocycles. The molecule has 2 aromatic carbocycles. The maximum atomic E-state index is 12.3. The quantitative estimate of drug-likeness (QED) is 0.690. The van der Waals surface area contributed by atoms with Crippen LogP contribution in [-0.2, 0) is 6.42 Å². The Bertz CT molecular complexity index is 976. The number of hydrogen-bond acceptors (Lipinski definition) is 5. The largest absolute Gasteiger partial charge is 0.497 e. The van der Waals surface area contributed by atoms with Crippen LogP contribution in [0.2, 0.25) is 0 Å². The van der Waals surface area contributed by atoms with E-state index in [4.69, 9.17) is 13.9 Å². The lowest BCUT2D eigenvalue weighted by Crippen LogP contribution is -2.29. The second kappa shape index (κ2) is 7.74. The summed E-state index contributed by atoms with van der Waals surface area (Å²) in [5.74, 6) is 0.908. The van der Waals surface area contributed by atoms with Gasteiger partial charge >= 0.3 is 5.63 Å². The molecule has 0 aliphatic rings. The summed E-state index contributed by atoms with van der Waals surface area (Å²) in [6, 6.07) is 14.2. The van der Waals surface area contributed by atoms with E-state index in [-0.39, 0.29) is 5.56 Å². The second-order valence-electron chi connectivity index (χ2n) is 5.71. The number of ether oxygens (including phenoxy) is 2. The number of carbonyl (C=O) groups excluding carboxylic acids is 1. The van der Waals surface area contributed by atoms with Crippen molar-refractivity contribution < 1.29 is 18.7 Å². The fourth-order valence-corrected chi connectivity index (χ4v) is 2.58. The molecule has 0 atom stereocenters. The van der Waals surface area contributed by atoms with Crippen molar-refractivity contribution in [2.45, 2.75) is 6.42 Å². The normalized spacial score (nSPS) is 10.5. The van der Waals surface area contributed by atoms with Crippen molar-refractivity contribution in [2.24, 2.45) is 0 Å². The number of hydrogen-bond donors (Lipinski definition) is 1. The van der Waals surface area contributed by atoms with Crippen LogP contribution < -0.4 is 20.4 Å². The second-order valence-corrected chi connectivity index (χ2v) is 5.71. The smallest absolute Gasteiger partial charge is 0.349 e. The van der Waals surface area contributed by atoms with E-state index in [1.54, 1.807) is 25.3 Å². The molecule has 0 saturated heterocycles. The molecule has 0 aliphatic carbocycles. The Morgan fingerprint density at radius 2 is 1.69 bits per heavy atom. The molecule has 0 spiro atoms. The van der Waals surface area contributed by atoms with E-state index in [0.29, 0.717) is 29.7 Å². The minimum Gasteiger partial charge on any atom is -0.497 e. The first-order valence-corrected chi connectivity index (χ1v) is 8.14. The molecular formula is C20H19NO5. The Kier molecular flexibility index (Phi) is 5.22. The molecule has 1 amide bonds. The predicted molar refractivity (Wildman–Crippen MR) is 98.1 cm³/mol. The molecule has 1 N–H and O–H groups in total. The van der Waals surface area contributed by atoms with Gasteiger partial charge in [0.2, 0.25) is 0 Å². The summed E-state index contributed by atoms with van der Waals surface area (Å²) < 4.78 is 15.4. The molecule has 1 heterocycles. The van der Waals surface area contributed by atoms with Gasteiger partial charge in [0.1, 0.15) is 22.6 Å². The van der Waals surface area contributed by atoms with Gasteiger partial charge in [0.15, 0.2) is 0 Å². The van der Waals surface area contributed by atoms with E-state index in [1.807, 2.05) is 24.3 Å². The summed E-state index contributed by atoms with van der Waals surface area (Å²) in [5, 5.41) is 3.41. The van der Waals surface area contributed by atoms with Gasteiger partial charge in [-0.1, -0.05) is 12.1 Å². The summed E-state index contributed by atoms with van der Waals surface area (Å²) >= 11 is 0. The van der Waals surface area contributed by atoms with E-state index in [9.17, 15) is 9.59 Å². The van der Waals surface area contributed by atoms with Crippen LogP contribution in [0.4, 0.5) is 0 Å². The Morgan fingerprint density at radius 1 is 1.00 bits per heavy atom. The van der Waals surface area contributed by atoms with Gasteiger partial charge in [-0.25, -0.2) is 4.79 Å². The highest BCUT2D eigenvalue weighted by Crippen LogP contribution is 2.20. The van der Waals surface area contributed by atoms with Gasteiger partial charge in [-0.2, -0.15) is 0 Å². The molecular weight excluding hydrogens is 334 g/mol. The summed E-state index contributed by atoms with van der Waals surface area (Å²) in [7, 11) is 3.14. The molecule has 6 heteroatoms. The van der Waals surface area contributed by atoms with Crippen molar-refractivity contribution in [1.82, 2.24) is 5.32 Å². The van der Waals surface area contributed by atoms with Crippen LogP contribution in [0.15, 0.2) is 57.7 Å². The van der Waals surface area contributed by atoms with E-state index >= 15 is 0 Å². The van der Waals surface area contributed by atoms with E-state index < -0.39 is 11.5 Å². The van der Waals surface area contributed by atoms with Gasteiger partial charge in [0, 0.05) is 18.0 Å². The molecule has 0 unspecified atom stereocenters. The fourth-order valence-electron chi connectivity index (χ4n) is 2.58. The highest BCUT2D eigenvalue weighted by molar-refractivity contribution is 5.96. The van der Waals surface area contributed by atoms with Crippen molar-refractivity contribution in [2.75, 3.05) is 20.8 Å². The molecule has 3 aromatic rings. The van der Waals surface area contributed by atoms with Crippen LogP contribution in [0.5, 0.6) is 11.5 Å². The Morgan fingerprint density at radius 3 is 2.38 bits per heavy atom. The molecule has 0 aliphatic heterocycles. The highest BCUT2D eigenvalue weighted by Gasteiger charge is 2.13. The van der Waals surface area contributed by atoms with Crippen LogP contribution in [0, 0.1) is 0 Å². The van der Waals surface area contributed by atoms with Crippen LogP contribution in [0.25, 0.3) is 11.0 Å². The summed E-state index contributed by atoms with van der Waals surface area (Å²) in [5.41, 5.74) is 0.748. The third kappa shape index (κ3) is 3.85. The zero-order valence-electron chi connectivity index (χ0n) is 14.6. The third-order valence-corrected chi connectivity index (χ3v) is 4.05. The average Bonchev–Trinajstić information content (AvgIpc) is 2.67. The van der Waals surface area contributed by atoms with Gasteiger partial charge in [0.05, 0.1) is 14.2 Å². The number of amides is 1. The Balaban J connectivity index is 1.68. The summed E-state index contributed by atoms with van der Waals surface area (Å²) in [4.78, 5) is 24.4.